The van der Waals surface area contributed by atoms with Crippen LogP contribution < -0.4 is 5.32 Å². The third-order valence-corrected chi connectivity index (χ3v) is 5.71. The maximum atomic E-state index is 10.1. The fourth-order valence-corrected chi connectivity index (χ4v) is 3.95. The summed E-state index contributed by atoms with van der Waals surface area (Å²) in [4.78, 5) is 12.4. The van der Waals surface area contributed by atoms with Crippen molar-refractivity contribution in [1.29, 1.82) is 0 Å². The highest BCUT2D eigenvalue weighted by atomic mass is 16.3. The predicted octanol–water partition coefficient (Wildman–Crippen LogP) is 3.08. The van der Waals surface area contributed by atoms with Crippen LogP contribution in [0.5, 0.6) is 0 Å². The van der Waals surface area contributed by atoms with Crippen LogP contribution in [0.1, 0.15) is 38.4 Å². The topological polar surface area (TPSA) is 104 Å². The van der Waals surface area contributed by atoms with Crippen molar-refractivity contribution in [2.45, 2.75) is 51.2 Å². The molecule has 4 aromatic heterocycles. The van der Waals surface area contributed by atoms with Gasteiger partial charge in [0, 0.05) is 41.1 Å². The monoisotopic (exact) mass is 377 g/mol. The molecular weight excluding hydrogens is 354 g/mol. The number of hydrogen-bond acceptors (Lipinski definition) is 6. The minimum atomic E-state index is -0.540. The summed E-state index contributed by atoms with van der Waals surface area (Å²) in [5.41, 5.74) is 3.19. The molecule has 0 amide bonds. The molecule has 0 bridgehead atoms. The van der Waals surface area contributed by atoms with Gasteiger partial charge in [0.2, 0.25) is 5.95 Å². The van der Waals surface area contributed by atoms with Crippen LogP contribution in [0.25, 0.3) is 27.8 Å². The van der Waals surface area contributed by atoms with Crippen molar-refractivity contribution < 1.29 is 5.11 Å². The maximum absolute atomic E-state index is 10.1. The minimum absolute atomic E-state index is 0.297. The highest BCUT2D eigenvalue weighted by molar-refractivity contribution is 5.93. The molecule has 4 heterocycles. The molecule has 28 heavy (non-hydrogen) atoms. The average molecular weight is 377 g/mol. The van der Waals surface area contributed by atoms with E-state index < -0.39 is 5.60 Å². The molecule has 1 aliphatic carbocycles. The quantitative estimate of drug-likeness (QED) is 0.507. The molecule has 144 valence electrons. The Morgan fingerprint density at radius 2 is 2.07 bits per heavy atom. The molecule has 0 aromatic carbocycles. The Bertz CT molecular complexity index is 1150. The molecule has 8 heteroatoms. The van der Waals surface area contributed by atoms with Crippen LogP contribution in [0.15, 0.2) is 30.7 Å². The van der Waals surface area contributed by atoms with Gasteiger partial charge >= 0.3 is 0 Å². The largest absolute Gasteiger partial charge is 0.390 e. The van der Waals surface area contributed by atoms with Gasteiger partial charge in [-0.3, -0.25) is 4.40 Å². The summed E-state index contributed by atoms with van der Waals surface area (Å²) in [5.74, 6) is 1.48. The molecule has 5 rings (SSSR count). The van der Waals surface area contributed by atoms with E-state index in [1.807, 2.05) is 49.0 Å². The first-order valence-electron chi connectivity index (χ1n) is 9.63. The molecule has 4 aromatic rings. The lowest BCUT2D eigenvalue weighted by molar-refractivity contribution is 0.0196. The Morgan fingerprint density at radius 3 is 2.89 bits per heavy atom. The van der Waals surface area contributed by atoms with Gasteiger partial charge in [-0.2, -0.15) is 4.98 Å². The second-order valence-corrected chi connectivity index (χ2v) is 7.97. The van der Waals surface area contributed by atoms with Crippen LogP contribution in [0.4, 0.5) is 5.95 Å². The highest BCUT2D eigenvalue weighted by Gasteiger charge is 2.28. The van der Waals surface area contributed by atoms with Gasteiger partial charge in [-0.15, -0.1) is 10.2 Å². The lowest BCUT2D eigenvalue weighted by Crippen LogP contribution is -2.36. The van der Waals surface area contributed by atoms with E-state index in [2.05, 4.69) is 30.5 Å². The van der Waals surface area contributed by atoms with Crippen LogP contribution in [-0.2, 0) is 0 Å². The molecule has 0 aliphatic heterocycles. The Balaban J connectivity index is 1.42. The number of aromatic amines is 1. The van der Waals surface area contributed by atoms with Gasteiger partial charge in [-0.05, 0) is 51.7 Å². The lowest BCUT2D eigenvalue weighted by atomic mass is 9.84. The molecule has 0 unspecified atom stereocenters. The summed E-state index contributed by atoms with van der Waals surface area (Å²) in [5, 5.41) is 22.7. The number of aromatic nitrogens is 6. The number of rotatable bonds is 3. The van der Waals surface area contributed by atoms with E-state index in [0.29, 0.717) is 12.0 Å². The smallest absolute Gasteiger partial charge is 0.224 e. The molecule has 1 aliphatic rings. The number of H-pyrrole nitrogens is 1. The summed E-state index contributed by atoms with van der Waals surface area (Å²) in [6, 6.07) is 4.29. The average Bonchev–Trinajstić information content (AvgIpc) is 3.27. The Kier molecular flexibility index (Phi) is 3.83. The first kappa shape index (κ1) is 17.1. The number of fused-ring (bicyclic) bond motifs is 2. The zero-order chi connectivity index (χ0) is 19.3. The summed E-state index contributed by atoms with van der Waals surface area (Å²) in [6.45, 7) is 3.84. The molecule has 0 radical (unpaired) electrons. The molecule has 0 spiro atoms. The second-order valence-electron chi connectivity index (χ2n) is 7.97. The van der Waals surface area contributed by atoms with Crippen LogP contribution in [0.2, 0.25) is 0 Å². The fraction of sp³-hybridized carbons (Fsp3) is 0.400. The fourth-order valence-electron chi connectivity index (χ4n) is 3.95. The Labute approximate surface area is 162 Å². The van der Waals surface area contributed by atoms with Gasteiger partial charge < -0.3 is 15.4 Å². The van der Waals surface area contributed by atoms with E-state index in [1.54, 1.807) is 0 Å². The Hall–Kier alpha value is -3.00. The summed E-state index contributed by atoms with van der Waals surface area (Å²) in [7, 11) is 0. The van der Waals surface area contributed by atoms with Crippen molar-refractivity contribution in [3.63, 3.8) is 0 Å². The predicted molar refractivity (Wildman–Crippen MR) is 107 cm³/mol. The summed E-state index contributed by atoms with van der Waals surface area (Å²) < 4.78 is 1.98. The van der Waals surface area contributed by atoms with Crippen molar-refractivity contribution in [1.82, 2.24) is 29.5 Å². The van der Waals surface area contributed by atoms with Gasteiger partial charge in [-0.25, -0.2) is 4.98 Å². The molecule has 8 nitrogen and oxygen atoms in total. The standard InChI is InChI=1S/C20H23N7O/c1-12-25-26-17-4-3-13(11-27(12)17)15-9-21-18-16(15)10-22-19(24-18)23-14-5-7-20(2,28)8-6-14/h3-4,9-11,14,28H,5-8H2,1-2H3,(H2,21,22,23,24). The number of hydrogen-bond donors (Lipinski definition) is 3. The number of aliphatic hydroxyl groups is 1. The minimum Gasteiger partial charge on any atom is -0.390 e. The molecule has 1 fully saturated rings. The summed E-state index contributed by atoms with van der Waals surface area (Å²) >= 11 is 0. The zero-order valence-corrected chi connectivity index (χ0v) is 16.0. The van der Waals surface area contributed by atoms with E-state index in [1.165, 1.54) is 0 Å². The number of nitrogens with one attached hydrogen (secondary N) is 2. The maximum Gasteiger partial charge on any atom is 0.224 e. The van der Waals surface area contributed by atoms with Crippen LogP contribution >= 0.6 is 0 Å². The number of anilines is 1. The van der Waals surface area contributed by atoms with E-state index in [-0.39, 0.29) is 0 Å². The van der Waals surface area contributed by atoms with Gasteiger partial charge in [0.15, 0.2) is 5.65 Å². The summed E-state index contributed by atoms with van der Waals surface area (Å²) in [6.07, 6.45) is 9.29. The molecule has 3 N–H and O–H groups in total. The Morgan fingerprint density at radius 1 is 1.25 bits per heavy atom. The molecule has 0 atom stereocenters. The van der Waals surface area contributed by atoms with Gasteiger partial charge in [0.05, 0.1) is 5.60 Å². The van der Waals surface area contributed by atoms with E-state index in [0.717, 1.165) is 59.3 Å². The lowest BCUT2D eigenvalue weighted by Gasteiger charge is -2.33. The van der Waals surface area contributed by atoms with Crippen molar-refractivity contribution in [3.05, 3.63) is 36.5 Å². The first-order valence-corrected chi connectivity index (χ1v) is 9.63. The van der Waals surface area contributed by atoms with E-state index in [4.69, 9.17) is 0 Å². The third-order valence-electron chi connectivity index (χ3n) is 5.71. The highest BCUT2D eigenvalue weighted by Crippen LogP contribution is 2.30. The van der Waals surface area contributed by atoms with Crippen molar-refractivity contribution in [2.24, 2.45) is 0 Å². The SMILES string of the molecule is Cc1nnc2ccc(-c3c[nH]c4nc(NC5CCC(C)(O)CC5)ncc34)cn12. The number of aryl methyl sites for hydroxylation is 1. The van der Waals surface area contributed by atoms with Crippen molar-refractivity contribution in [3.8, 4) is 11.1 Å². The third kappa shape index (κ3) is 2.99. The molecular formula is C20H23N7O. The van der Waals surface area contributed by atoms with Gasteiger partial charge in [-0.1, -0.05) is 0 Å². The van der Waals surface area contributed by atoms with Crippen molar-refractivity contribution >= 4 is 22.6 Å². The normalized spacial score (nSPS) is 22.8. The second kappa shape index (κ2) is 6.27. The van der Waals surface area contributed by atoms with Gasteiger partial charge in [0.1, 0.15) is 11.5 Å². The van der Waals surface area contributed by atoms with Gasteiger partial charge in [0.25, 0.3) is 0 Å². The first-order chi connectivity index (χ1) is 13.5. The molecule has 0 saturated heterocycles. The van der Waals surface area contributed by atoms with Crippen LogP contribution in [0.3, 0.4) is 0 Å². The van der Waals surface area contributed by atoms with E-state index in [9.17, 15) is 5.11 Å². The zero-order valence-electron chi connectivity index (χ0n) is 16.0. The van der Waals surface area contributed by atoms with E-state index >= 15 is 0 Å². The molecule has 1 saturated carbocycles. The van der Waals surface area contributed by atoms with Crippen LogP contribution in [0, 0.1) is 6.92 Å². The van der Waals surface area contributed by atoms with Crippen molar-refractivity contribution in [2.75, 3.05) is 5.32 Å². The number of pyridine rings is 1. The number of nitrogens with zero attached hydrogens (tertiary/aromatic N) is 5. The van der Waals surface area contributed by atoms with Crippen LogP contribution in [-0.4, -0.2) is 46.3 Å².